The number of carbonyl (C=O) groups excluding carboxylic acids is 1. The number of aromatic nitrogens is 2. The Hall–Kier alpha value is -3.93. The molecular formula is C24H21N3O3. The molecule has 0 unspecified atom stereocenters. The molecule has 2 aromatic carbocycles. The highest BCUT2D eigenvalue weighted by atomic mass is 16.1. The van der Waals surface area contributed by atoms with Crippen molar-refractivity contribution < 1.29 is 4.79 Å². The minimum Gasteiger partial charge on any atom is -0.352 e. The second-order valence-corrected chi connectivity index (χ2v) is 7.23. The highest BCUT2D eigenvalue weighted by Crippen LogP contribution is 2.13. The number of pyridine rings is 2. The summed E-state index contributed by atoms with van der Waals surface area (Å²) in [6.07, 6.45) is 3.23. The first-order valence-electron chi connectivity index (χ1n) is 9.70. The van der Waals surface area contributed by atoms with Crippen molar-refractivity contribution in [3.63, 3.8) is 0 Å². The van der Waals surface area contributed by atoms with Crippen LogP contribution in [0.5, 0.6) is 0 Å². The van der Waals surface area contributed by atoms with E-state index >= 15 is 0 Å². The first-order chi connectivity index (χ1) is 14.5. The van der Waals surface area contributed by atoms with Gasteiger partial charge in [0.05, 0.1) is 0 Å². The number of aromatic amines is 2. The number of aryl methyl sites for hydroxylation is 1. The predicted molar refractivity (Wildman–Crippen MR) is 120 cm³/mol. The summed E-state index contributed by atoms with van der Waals surface area (Å²) in [5.74, 6) is -0.323. The van der Waals surface area contributed by atoms with Gasteiger partial charge in [-0.15, -0.1) is 0 Å². The molecule has 30 heavy (non-hydrogen) atoms. The van der Waals surface area contributed by atoms with Crippen molar-refractivity contribution in [2.24, 2.45) is 0 Å². The molecule has 6 nitrogen and oxygen atoms in total. The molecule has 1 amide bonds. The van der Waals surface area contributed by atoms with E-state index in [-0.39, 0.29) is 17.0 Å². The van der Waals surface area contributed by atoms with E-state index in [2.05, 4.69) is 15.3 Å². The van der Waals surface area contributed by atoms with Gasteiger partial charge in [-0.25, -0.2) is 0 Å². The number of H-pyrrole nitrogens is 2. The van der Waals surface area contributed by atoms with Crippen LogP contribution < -0.4 is 16.4 Å². The lowest BCUT2D eigenvalue weighted by Crippen LogP contribution is -2.26. The number of benzene rings is 2. The van der Waals surface area contributed by atoms with Gasteiger partial charge in [-0.2, -0.15) is 0 Å². The van der Waals surface area contributed by atoms with E-state index < -0.39 is 0 Å². The quantitative estimate of drug-likeness (QED) is 0.450. The van der Waals surface area contributed by atoms with Gasteiger partial charge in [-0.3, -0.25) is 14.4 Å². The van der Waals surface area contributed by atoms with Crippen molar-refractivity contribution in [3.8, 4) is 0 Å². The molecule has 150 valence electrons. The number of hydrogen-bond donors (Lipinski definition) is 3. The van der Waals surface area contributed by atoms with Crippen molar-refractivity contribution in [2.75, 3.05) is 6.54 Å². The minimum atomic E-state index is -0.323. The summed E-state index contributed by atoms with van der Waals surface area (Å²) in [7, 11) is 0. The van der Waals surface area contributed by atoms with Gasteiger partial charge in [0.1, 0.15) is 0 Å². The fourth-order valence-electron chi connectivity index (χ4n) is 3.39. The van der Waals surface area contributed by atoms with Crippen LogP contribution in [0.1, 0.15) is 16.7 Å². The Balaban J connectivity index is 1.41. The van der Waals surface area contributed by atoms with Gasteiger partial charge in [0, 0.05) is 34.8 Å². The lowest BCUT2D eigenvalue weighted by Gasteiger charge is -2.05. The summed E-state index contributed by atoms with van der Waals surface area (Å²) in [4.78, 5) is 42.2. The van der Waals surface area contributed by atoms with Crippen LogP contribution in [0.25, 0.3) is 27.9 Å². The van der Waals surface area contributed by atoms with Crippen molar-refractivity contribution >= 4 is 33.8 Å². The molecule has 2 heterocycles. The average molecular weight is 399 g/mol. The third-order valence-electron chi connectivity index (χ3n) is 4.97. The average Bonchev–Trinajstić information content (AvgIpc) is 2.73. The zero-order chi connectivity index (χ0) is 21.1. The molecule has 3 N–H and O–H groups in total. The van der Waals surface area contributed by atoms with Gasteiger partial charge in [-0.1, -0.05) is 29.8 Å². The second kappa shape index (κ2) is 8.21. The van der Waals surface area contributed by atoms with Crippen LogP contribution in [-0.4, -0.2) is 22.4 Å². The van der Waals surface area contributed by atoms with Crippen LogP contribution in [0.3, 0.4) is 0 Å². The summed E-state index contributed by atoms with van der Waals surface area (Å²) in [6.45, 7) is 2.31. The number of fused-ring (bicyclic) bond motifs is 2. The zero-order valence-electron chi connectivity index (χ0n) is 16.5. The van der Waals surface area contributed by atoms with E-state index in [4.69, 9.17) is 0 Å². The molecule has 4 aromatic rings. The van der Waals surface area contributed by atoms with Crippen LogP contribution in [0.15, 0.2) is 70.3 Å². The molecule has 4 rings (SSSR count). The Morgan fingerprint density at radius 2 is 1.70 bits per heavy atom. The Labute approximate surface area is 172 Å². The molecule has 0 fully saturated rings. The summed E-state index contributed by atoms with van der Waals surface area (Å²) < 4.78 is 0. The van der Waals surface area contributed by atoms with Gasteiger partial charge >= 0.3 is 0 Å². The zero-order valence-corrected chi connectivity index (χ0v) is 16.5. The van der Waals surface area contributed by atoms with Crippen molar-refractivity contribution in [1.82, 2.24) is 15.3 Å². The lowest BCUT2D eigenvalue weighted by molar-refractivity contribution is -0.116. The smallest absolute Gasteiger partial charge is 0.255 e. The molecule has 0 bridgehead atoms. The Morgan fingerprint density at radius 1 is 0.933 bits per heavy atom. The van der Waals surface area contributed by atoms with Crippen molar-refractivity contribution in [3.05, 3.63) is 98.1 Å². The van der Waals surface area contributed by atoms with Crippen LogP contribution in [0, 0.1) is 6.92 Å². The number of hydrogen-bond acceptors (Lipinski definition) is 3. The van der Waals surface area contributed by atoms with Crippen LogP contribution in [-0.2, 0) is 11.2 Å². The molecule has 2 aromatic heterocycles. The number of rotatable bonds is 5. The molecule has 0 spiro atoms. The minimum absolute atomic E-state index is 0.154. The molecule has 0 aliphatic carbocycles. The topological polar surface area (TPSA) is 94.8 Å². The molecule has 0 aliphatic rings. The number of para-hydroxylation sites is 1. The van der Waals surface area contributed by atoms with E-state index in [0.717, 1.165) is 27.4 Å². The molecule has 6 heteroatoms. The highest BCUT2D eigenvalue weighted by molar-refractivity contribution is 5.92. The summed E-state index contributed by atoms with van der Waals surface area (Å²) in [6, 6.07) is 16.9. The van der Waals surface area contributed by atoms with Gasteiger partial charge < -0.3 is 15.3 Å². The van der Waals surface area contributed by atoms with E-state index in [9.17, 15) is 14.4 Å². The molecule has 0 atom stereocenters. The van der Waals surface area contributed by atoms with Crippen molar-refractivity contribution in [1.29, 1.82) is 0 Å². The second-order valence-electron chi connectivity index (χ2n) is 7.23. The van der Waals surface area contributed by atoms with Gasteiger partial charge in [-0.05, 0) is 60.5 Å². The summed E-state index contributed by atoms with van der Waals surface area (Å²) in [5, 5.41) is 4.61. The first-order valence-corrected chi connectivity index (χ1v) is 9.70. The van der Waals surface area contributed by atoms with E-state index in [0.29, 0.717) is 24.1 Å². The van der Waals surface area contributed by atoms with Crippen LogP contribution >= 0.6 is 0 Å². The normalized spacial score (nSPS) is 11.4. The Kier molecular flexibility index (Phi) is 5.30. The number of carbonyl (C=O) groups is 1. The molecule has 0 radical (unpaired) electrons. The van der Waals surface area contributed by atoms with Crippen LogP contribution in [0.2, 0.25) is 0 Å². The van der Waals surface area contributed by atoms with Gasteiger partial charge in [0.15, 0.2) is 0 Å². The Morgan fingerprint density at radius 3 is 2.57 bits per heavy atom. The summed E-state index contributed by atoms with van der Waals surface area (Å²) >= 11 is 0. The number of nitrogens with one attached hydrogen (secondary N) is 3. The van der Waals surface area contributed by atoms with Gasteiger partial charge in [0.25, 0.3) is 11.1 Å². The lowest BCUT2D eigenvalue weighted by atomic mass is 10.1. The molecule has 0 aliphatic heterocycles. The predicted octanol–water partition coefficient (Wildman–Crippen LogP) is 3.05. The number of amides is 1. The molecule has 0 saturated carbocycles. The first kappa shape index (κ1) is 19.4. The standard InChI is InChI=1S/C24H21N3O3/c1-15-6-8-21-19(12-15)14-18(24(30)27-21)10-11-25-22(28)9-7-17-13-16-4-2-3-5-20(16)26-23(17)29/h2-9,12-14H,10-11H2,1H3,(H,25,28)(H,26,29)(H,27,30)/b9-7+. The monoisotopic (exact) mass is 399 g/mol. The molecule has 0 saturated heterocycles. The van der Waals surface area contributed by atoms with Crippen molar-refractivity contribution in [2.45, 2.75) is 13.3 Å². The van der Waals surface area contributed by atoms with Crippen LogP contribution in [0.4, 0.5) is 0 Å². The maximum absolute atomic E-state index is 12.2. The summed E-state index contributed by atoms with van der Waals surface area (Å²) in [5.41, 5.74) is 3.27. The van der Waals surface area contributed by atoms with Gasteiger partial charge in [0.2, 0.25) is 5.91 Å². The maximum Gasteiger partial charge on any atom is 0.255 e. The van der Waals surface area contributed by atoms with E-state index in [1.165, 1.54) is 12.2 Å². The Bertz CT molecular complexity index is 1400. The SMILES string of the molecule is Cc1ccc2[nH]c(=O)c(CCNC(=O)/C=C/c3cc4ccccc4[nH]c3=O)cc2c1. The third kappa shape index (κ3) is 4.22. The largest absolute Gasteiger partial charge is 0.352 e. The highest BCUT2D eigenvalue weighted by Gasteiger charge is 2.05. The fraction of sp³-hybridized carbons (Fsp3) is 0.125. The third-order valence-corrected chi connectivity index (χ3v) is 4.97. The van der Waals surface area contributed by atoms with E-state index in [1.54, 1.807) is 6.07 Å². The van der Waals surface area contributed by atoms with E-state index in [1.807, 2.05) is 55.5 Å². The molecular weight excluding hydrogens is 378 g/mol. The maximum atomic E-state index is 12.2. The fourth-order valence-corrected chi connectivity index (χ4v) is 3.39.